The average molecular weight is 447 g/mol. The van der Waals surface area contributed by atoms with Crippen molar-refractivity contribution in [3.05, 3.63) is 53.9 Å². The monoisotopic (exact) mass is 447 g/mol. The third kappa shape index (κ3) is 4.68. The highest BCUT2D eigenvalue weighted by Gasteiger charge is 2.31. The Morgan fingerprint density at radius 2 is 1.81 bits per heavy atom. The maximum absolute atomic E-state index is 12.5. The molecule has 10 heteroatoms. The number of alkyl halides is 3. The summed E-state index contributed by atoms with van der Waals surface area (Å²) >= 11 is 0. The van der Waals surface area contributed by atoms with E-state index in [9.17, 15) is 18.0 Å². The number of rotatable bonds is 4. The largest absolute Gasteiger partial charge is 0.573 e. The molecule has 0 unspecified atom stereocenters. The van der Waals surface area contributed by atoms with Gasteiger partial charge in [-0.25, -0.2) is 0 Å². The number of anilines is 1. The van der Waals surface area contributed by atoms with Crippen LogP contribution < -0.4 is 14.4 Å². The standard InChI is InChI=1S/C22H20F3N3O4/c1-21(2,3)14-6-9-16-17(10-14)30-12-19(29)28(16)11-18-26-20(27-32-18)13-4-7-15(8-5-13)31-22(23,24)25/h4-10H,11-12H2,1-3H3. The first-order valence-electron chi connectivity index (χ1n) is 9.76. The van der Waals surface area contributed by atoms with Gasteiger partial charge in [0.15, 0.2) is 6.61 Å². The number of hydrogen-bond acceptors (Lipinski definition) is 6. The summed E-state index contributed by atoms with van der Waals surface area (Å²) in [6, 6.07) is 10.8. The zero-order valence-corrected chi connectivity index (χ0v) is 17.6. The van der Waals surface area contributed by atoms with Gasteiger partial charge >= 0.3 is 6.36 Å². The molecular formula is C22H20F3N3O4. The Bertz CT molecular complexity index is 1130. The average Bonchev–Trinajstić information content (AvgIpc) is 3.17. The highest BCUT2D eigenvalue weighted by Crippen LogP contribution is 2.37. The summed E-state index contributed by atoms with van der Waals surface area (Å²) in [5.41, 5.74) is 2.04. The Kier molecular flexibility index (Phi) is 5.31. The van der Waals surface area contributed by atoms with E-state index in [1.807, 2.05) is 18.2 Å². The van der Waals surface area contributed by atoms with Crippen molar-refractivity contribution in [2.45, 2.75) is 39.1 Å². The molecule has 168 valence electrons. The number of carbonyl (C=O) groups is 1. The predicted octanol–water partition coefficient (Wildman–Crippen LogP) is 4.86. The van der Waals surface area contributed by atoms with Crippen LogP contribution in [-0.4, -0.2) is 29.0 Å². The molecule has 32 heavy (non-hydrogen) atoms. The molecule has 0 N–H and O–H groups in total. The number of aromatic nitrogens is 2. The number of hydrogen-bond donors (Lipinski definition) is 0. The first-order valence-corrected chi connectivity index (χ1v) is 9.76. The van der Waals surface area contributed by atoms with Gasteiger partial charge in [0.2, 0.25) is 11.7 Å². The number of ether oxygens (including phenoxy) is 2. The summed E-state index contributed by atoms with van der Waals surface area (Å²) in [7, 11) is 0. The van der Waals surface area contributed by atoms with E-state index >= 15 is 0 Å². The van der Waals surface area contributed by atoms with Gasteiger partial charge in [0.05, 0.1) is 5.69 Å². The molecule has 0 spiro atoms. The van der Waals surface area contributed by atoms with E-state index in [4.69, 9.17) is 9.26 Å². The molecule has 1 amide bonds. The topological polar surface area (TPSA) is 77.7 Å². The summed E-state index contributed by atoms with van der Waals surface area (Å²) in [5.74, 6) is 0.348. The van der Waals surface area contributed by atoms with Crippen LogP contribution in [0.4, 0.5) is 18.9 Å². The lowest BCUT2D eigenvalue weighted by Crippen LogP contribution is -2.38. The summed E-state index contributed by atoms with van der Waals surface area (Å²) in [5, 5.41) is 3.87. The van der Waals surface area contributed by atoms with E-state index in [1.54, 1.807) is 0 Å². The summed E-state index contributed by atoms with van der Waals surface area (Å²) < 4.78 is 51.6. The Labute approximate surface area is 181 Å². The molecule has 0 saturated carbocycles. The molecule has 0 fully saturated rings. The van der Waals surface area contributed by atoms with Gasteiger partial charge in [-0.15, -0.1) is 13.2 Å². The van der Waals surface area contributed by atoms with Crippen LogP contribution in [0.2, 0.25) is 0 Å². The Morgan fingerprint density at radius 1 is 1.09 bits per heavy atom. The van der Waals surface area contributed by atoms with Crippen molar-refractivity contribution in [1.29, 1.82) is 0 Å². The number of fused-ring (bicyclic) bond motifs is 1. The molecule has 0 saturated heterocycles. The second-order valence-corrected chi connectivity index (χ2v) is 8.28. The van der Waals surface area contributed by atoms with E-state index in [0.717, 1.165) is 17.7 Å². The second kappa shape index (κ2) is 7.85. The van der Waals surface area contributed by atoms with Crippen molar-refractivity contribution in [3.8, 4) is 22.9 Å². The Hall–Kier alpha value is -3.56. The molecule has 0 aliphatic carbocycles. The fraction of sp³-hybridized carbons (Fsp3) is 0.318. The first-order chi connectivity index (χ1) is 15.0. The quantitative estimate of drug-likeness (QED) is 0.569. The SMILES string of the molecule is CC(C)(C)c1ccc2c(c1)OCC(=O)N2Cc1nc(-c2ccc(OC(F)(F)F)cc2)no1. The third-order valence-corrected chi connectivity index (χ3v) is 4.88. The van der Waals surface area contributed by atoms with Crippen molar-refractivity contribution >= 4 is 11.6 Å². The van der Waals surface area contributed by atoms with E-state index in [0.29, 0.717) is 17.0 Å². The molecule has 0 bridgehead atoms. The highest BCUT2D eigenvalue weighted by molar-refractivity contribution is 5.97. The predicted molar refractivity (Wildman–Crippen MR) is 108 cm³/mol. The Balaban J connectivity index is 1.53. The number of halogens is 3. The van der Waals surface area contributed by atoms with E-state index in [-0.39, 0.29) is 41.9 Å². The van der Waals surface area contributed by atoms with Gasteiger partial charge in [-0.05, 0) is 47.4 Å². The molecule has 3 aromatic rings. The number of nitrogens with zero attached hydrogens (tertiary/aromatic N) is 3. The molecule has 2 heterocycles. The van der Waals surface area contributed by atoms with Gasteiger partial charge in [0.1, 0.15) is 18.0 Å². The lowest BCUT2D eigenvalue weighted by Gasteiger charge is -2.30. The van der Waals surface area contributed by atoms with Gasteiger partial charge in [0, 0.05) is 5.56 Å². The molecule has 0 radical (unpaired) electrons. The molecule has 1 aliphatic rings. The van der Waals surface area contributed by atoms with Crippen molar-refractivity contribution < 1.29 is 32.0 Å². The van der Waals surface area contributed by atoms with Crippen LogP contribution in [0.1, 0.15) is 32.2 Å². The highest BCUT2D eigenvalue weighted by atomic mass is 19.4. The molecule has 1 aromatic heterocycles. The minimum Gasteiger partial charge on any atom is -0.482 e. The maximum atomic E-state index is 12.5. The van der Waals surface area contributed by atoms with E-state index in [1.165, 1.54) is 17.0 Å². The number of benzene rings is 2. The summed E-state index contributed by atoms with van der Waals surface area (Å²) in [6.45, 7) is 6.18. The smallest absolute Gasteiger partial charge is 0.482 e. The minimum absolute atomic E-state index is 0.0341. The lowest BCUT2D eigenvalue weighted by atomic mass is 9.86. The molecule has 2 aromatic carbocycles. The van der Waals surface area contributed by atoms with Crippen LogP contribution in [-0.2, 0) is 16.8 Å². The van der Waals surface area contributed by atoms with Crippen molar-refractivity contribution in [1.82, 2.24) is 10.1 Å². The fourth-order valence-corrected chi connectivity index (χ4v) is 3.22. The van der Waals surface area contributed by atoms with Crippen LogP contribution in [0, 0.1) is 0 Å². The summed E-state index contributed by atoms with van der Waals surface area (Å²) in [6.07, 6.45) is -4.77. The third-order valence-electron chi connectivity index (χ3n) is 4.88. The number of carbonyl (C=O) groups excluding carboxylic acids is 1. The molecule has 0 atom stereocenters. The van der Waals surface area contributed by atoms with Gasteiger partial charge in [-0.2, -0.15) is 4.98 Å². The lowest BCUT2D eigenvalue weighted by molar-refractivity contribution is -0.274. The van der Waals surface area contributed by atoms with Crippen LogP contribution in [0.3, 0.4) is 0 Å². The van der Waals surface area contributed by atoms with Gasteiger partial charge < -0.3 is 14.0 Å². The minimum atomic E-state index is -4.77. The number of amides is 1. The van der Waals surface area contributed by atoms with E-state index in [2.05, 4.69) is 35.6 Å². The molecule has 1 aliphatic heterocycles. The molecule has 7 nitrogen and oxygen atoms in total. The Morgan fingerprint density at radius 3 is 2.47 bits per heavy atom. The second-order valence-electron chi connectivity index (χ2n) is 8.28. The van der Waals surface area contributed by atoms with Crippen LogP contribution in [0.15, 0.2) is 47.0 Å². The fourth-order valence-electron chi connectivity index (χ4n) is 3.22. The summed E-state index contributed by atoms with van der Waals surface area (Å²) in [4.78, 5) is 18.2. The van der Waals surface area contributed by atoms with Crippen molar-refractivity contribution in [3.63, 3.8) is 0 Å². The van der Waals surface area contributed by atoms with Crippen LogP contribution in [0.25, 0.3) is 11.4 Å². The molecule has 4 rings (SSSR count). The van der Waals surface area contributed by atoms with Crippen molar-refractivity contribution in [2.24, 2.45) is 0 Å². The van der Waals surface area contributed by atoms with Crippen LogP contribution >= 0.6 is 0 Å². The first kappa shape index (κ1) is 21.7. The zero-order chi connectivity index (χ0) is 23.1. The maximum Gasteiger partial charge on any atom is 0.573 e. The normalized spacial score (nSPS) is 14.2. The molecular weight excluding hydrogens is 427 g/mol. The van der Waals surface area contributed by atoms with Gasteiger partial charge in [-0.3, -0.25) is 9.69 Å². The van der Waals surface area contributed by atoms with Gasteiger partial charge in [-0.1, -0.05) is 32.0 Å². The zero-order valence-electron chi connectivity index (χ0n) is 17.6. The van der Waals surface area contributed by atoms with E-state index < -0.39 is 6.36 Å². The van der Waals surface area contributed by atoms with Crippen LogP contribution in [0.5, 0.6) is 11.5 Å². The van der Waals surface area contributed by atoms with Gasteiger partial charge in [0.25, 0.3) is 5.91 Å². The van der Waals surface area contributed by atoms with Crippen molar-refractivity contribution in [2.75, 3.05) is 11.5 Å².